The molecule has 0 amide bonds. The van der Waals surface area contributed by atoms with Crippen LogP contribution in [0.5, 0.6) is 0 Å². The van der Waals surface area contributed by atoms with Crippen molar-refractivity contribution in [3.8, 4) is 0 Å². The maximum atomic E-state index is 12.4. The second-order valence-corrected chi connectivity index (χ2v) is 6.08. The Labute approximate surface area is 135 Å². The summed E-state index contributed by atoms with van der Waals surface area (Å²) in [5.41, 5.74) is 4.74. The van der Waals surface area contributed by atoms with Gasteiger partial charge in [-0.25, -0.2) is 0 Å². The van der Waals surface area contributed by atoms with Crippen molar-refractivity contribution in [1.82, 2.24) is 0 Å². The summed E-state index contributed by atoms with van der Waals surface area (Å²) in [4.78, 5) is 12.4. The summed E-state index contributed by atoms with van der Waals surface area (Å²) in [6.45, 7) is 0. The molecule has 0 unspecified atom stereocenters. The van der Waals surface area contributed by atoms with E-state index in [-0.39, 0.29) is 11.7 Å². The molecular formula is C20H18O3. The van der Waals surface area contributed by atoms with E-state index in [9.17, 15) is 9.90 Å². The summed E-state index contributed by atoms with van der Waals surface area (Å²) in [6.07, 6.45) is 3.02. The van der Waals surface area contributed by atoms with E-state index in [1.807, 2.05) is 24.3 Å². The molecule has 1 aliphatic carbocycles. The number of carbonyl (C=O) groups excluding carboxylic acids is 1. The van der Waals surface area contributed by atoms with Crippen LogP contribution in [0.25, 0.3) is 0 Å². The van der Waals surface area contributed by atoms with Gasteiger partial charge in [0.05, 0.1) is 0 Å². The van der Waals surface area contributed by atoms with Crippen LogP contribution in [0, 0.1) is 0 Å². The third kappa shape index (κ3) is 2.52. The van der Waals surface area contributed by atoms with Gasteiger partial charge in [0.2, 0.25) is 0 Å². The zero-order valence-electron chi connectivity index (χ0n) is 12.7. The van der Waals surface area contributed by atoms with Gasteiger partial charge >= 0.3 is 0 Å². The van der Waals surface area contributed by atoms with E-state index in [0.717, 1.165) is 24.0 Å². The molecule has 3 nitrogen and oxygen atoms in total. The molecule has 1 heterocycles. The molecule has 1 aliphatic heterocycles. The van der Waals surface area contributed by atoms with Crippen molar-refractivity contribution in [2.24, 2.45) is 0 Å². The molecule has 0 radical (unpaired) electrons. The Morgan fingerprint density at radius 2 is 1.48 bits per heavy atom. The molecule has 0 saturated heterocycles. The first-order valence-corrected chi connectivity index (χ1v) is 7.95. The van der Waals surface area contributed by atoms with Crippen molar-refractivity contribution in [2.45, 2.75) is 31.2 Å². The zero-order valence-corrected chi connectivity index (χ0v) is 12.7. The lowest BCUT2D eigenvalue weighted by atomic mass is 9.82. The molecule has 1 N–H and O–H groups in total. The predicted octanol–water partition coefficient (Wildman–Crippen LogP) is 2.76. The van der Waals surface area contributed by atoms with Crippen LogP contribution in [0.2, 0.25) is 0 Å². The lowest BCUT2D eigenvalue weighted by Crippen LogP contribution is -2.37. The van der Waals surface area contributed by atoms with E-state index >= 15 is 0 Å². The number of aliphatic hydroxyl groups excluding tert-OH is 1. The van der Waals surface area contributed by atoms with Crippen molar-refractivity contribution < 1.29 is 14.6 Å². The smallest absolute Gasteiger partial charge is 0.185 e. The molecule has 0 saturated carbocycles. The summed E-state index contributed by atoms with van der Waals surface area (Å²) in [7, 11) is 0. The zero-order chi connectivity index (χ0) is 15.8. The third-order valence-corrected chi connectivity index (χ3v) is 4.74. The van der Waals surface area contributed by atoms with E-state index < -0.39 is 12.4 Å². The highest BCUT2D eigenvalue weighted by atomic mass is 16.6. The first-order valence-electron chi connectivity index (χ1n) is 7.95. The molecule has 0 aromatic heterocycles. The molecule has 0 spiro atoms. The predicted molar refractivity (Wildman–Crippen MR) is 87.2 cm³/mol. The maximum absolute atomic E-state index is 12.4. The molecular weight excluding hydrogens is 288 g/mol. The molecule has 2 atom stereocenters. The Kier molecular flexibility index (Phi) is 3.60. The molecule has 0 fully saturated rings. The maximum Gasteiger partial charge on any atom is 0.185 e. The highest BCUT2D eigenvalue weighted by molar-refractivity contribution is 5.95. The Morgan fingerprint density at radius 1 is 0.913 bits per heavy atom. The van der Waals surface area contributed by atoms with Crippen molar-refractivity contribution in [3.05, 3.63) is 82.9 Å². The summed E-state index contributed by atoms with van der Waals surface area (Å²) in [6, 6.07) is 16.4. The van der Waals surface area contributed by atoms with Gasteiger partial charge in [-0.3, -0.25) is 4.79 Å². The van der Waals surface area contributed by atoms with Crippen LogP contribution in [0.15, 0.2) is 60.7 Å². The van der Waals surface area contributed by atoms with Gasteiger partial charge in [0.25, 0.3) is 0 Å². The minimum atomic E-state index is -1.03. The van der Waals surface area contributed by atoms with Gasteiger partial charge in [0, 0.05) is 5.92 Å². The van der Waals surface area contributed by atoms with Crippen molar-refractivity contribution in [3.63, 3.8) is 0 Å². The Hall–Kier alpha value is -2.23. The van der Waals surface area contributed by atoms with Gasteiger partial charge in [0.15, 0.2) is 12.1 Å². The number of hydrogen-bond donors (Lipinski definition) is 1. The topological polar surface area (TPSA) is 46.5 Å². The lowest BCUT2D eigenvalue weighted by molar-refractivity contribution is -0.149. The second kappa shape index (κ2) is 5.76. The summed E-state index contributed by atoms with van der Waals surface area (Å²) in [5, 5.41) is 9.83. The minimum Gasteiger partial charge on any atom is -0.365 e. The number of carbonyl (C=O) groups is 1. The monoisotopic (exact) mass is 306 g/mol. The third-order valence-electron chi connectivity index (χ3n) is 4.74. The first-order chi connectivity index (χ1) is 11.2. The minimum absolute atomic E-state index is 0.0909. The molecule has 2 aliphatic rings. The Bertz CT molecular complexity index is 730. The van der Waals surface area contributed by atoms with Crippen molar-refractivity contribution >= 4 is 5.78 Å². The number of rotatable bonds is 1. The van der Waals surface area contributed by atoms with E-state index in [2.05, 4.69) is 24.3 Å². The molecule has 3 heteroatoms. The average Bonchev–Trinajstić information content (AvgIpc) is 2.74. The van der Waals surface area contributed by atoms with E-state index in [1.54, 1.807) is 0 Å². The molecule has 2 aromatic carbocycles. The number of ether oxygens (including phenoxy) is 1. The largest absolute Gasteiger partial charge is 0.365 e. The van der Waals surface area contributed by atoms with Gasteiger partial charge in [0.1, 0.15) is 6.10 Å². The van der Waals surface area contributed by atoms with Crippen LogP contribution in [-0.2, 0) is 22.4 Å². The number of aliphatic hydroxyl groups is 1. The summed E-state index contributed by atoms with van der Waals surface area (Å²) >= 11 is 0. The van der Waals surface area contributed by atoms with Gasteiger partial charge < -0.3 is 9.84 Å². The highest BCUT2D eigenvalue weighted by Gasteiger charge is 2.37. The van der Waals surface area contributed by atoms with Crippen LogP contribution in [0.1, 0.15) is 28.2 Å². The van der Waals surface area contributed by atoms with Crippen LogP contribution in [0.3, 0.4) is 0 Å². The van der Waals surface area contributed by atoms with Crippen LogP contribution in [0.4, 0.5) is 0 Å². The van der Waals surface area contributed by atoms with E-state index in [0.29, 0.717) is 0 Å². The fraction of sp³-hybridized carbons (Fsp3) is 0.250. The highest BCUT2D eigenvalue weighted by Crippen LogP contribution is 2.39. The number of ketones is 1. The molecule has 23 heavy (non-hydrogen) atoms. The van der Waals surface area contributed by atoms with Crippen LogP contribution >= 0.6 is 0 Å². The Morgan fingerprint density at radius 3 is 2.09 bits per heavy atom. The molecule has 2 aromatic rings. The van der Waals surface area contributed by atoms with Gasteiger partial charge in [-0.15, -0.1) is 0 Å². The number of fused-ring (bicyclic) bond motifs is 2. The van der Waals surface area contributed by atoms with Gasteiger partial charge in [-0.05, 0) is 47.2 Å². The van der Waals surface area contributed by atoms with Crippen LogP contribution < -0.4 is 0 Å². The SMILES string of the molecule is O=C1C=C[C@@H](O)O[C@@H]1C1c2ccccc2CCc2ccccc21. The lowest BCUT2D eigenvalue weighted by Gasteiger charge is -2.30. The van der Waals surface area contributed by atoms with E-state index in [4.69, 9.17) is 4.74 Å². The number of aryl methyl sites for hydroxylation is 2. The first kappa shape index (κ1) is 14.4. The van der Waals surface area contributed by atoms with Crippen LogP contribution in [-0.4, -0.2) is 23.3 Å². The van der Waals surface area contributed by atoms with Crippen molar-refractivity contribution in [2.75, 3.05) is 0 Å². The Balaban J connectivity index is 1.90. The molecule has 116 valence electrons. The molecule has 4 rings (SSSR count). The fourth-order valence-corrected chi connectivity index (χ4v) is 3.67. The standard InChI is InChI=1S/C20H18O3/c21-17-11-12-18(22)23-20(17)19-15-7-3-1-5-13(15)9-10-14-6-2-4-8-16(14)19/h1-8,11-12,18-20,22H,9-10H2/t18-,20-/m0/s1. The quantitative estimate of drug-likeness (QED) is 0.881. The van der Waals surface area contributed by atoms with Gasteiger partial charge in [-0.2, -0.15) is 0 Å². The molecule has 0 bridgehead atoms. The van der Waals surface area contributed by atoms with E-state index in [1.165, 1.54) is 23.3 Å². The fourth-order valence-electron chi connectivity index (χ4n) is 3.67. The average molecular weight is 306 g/mol. The normalized spacial score (nSPS) is 24.0. The summed E-state index contributed by atoms with van der Waals surface area (Å²) in [5.74, 6) is -0.274. The summed E-state index contributed by atoms with van der Waals surface area (Å²) < 4.78 is 5.63. The van der Waals surface area contributed by atoms with Gasteiger partial charge in [-0.1, -0.05) is 48.5 Å². The number of benzene rings is 2. The van der Waals surface area contributed by atoms with Crippen molar-refractivity contribution in [1.29, 1.82) is 0 Å². The second-order valence-electron chi connectivity index (χ2n) is 6.08. The number of hydrogen-bond acceptors (Lipinski definition) is 3.